The molecule has 0 radical (unpaired) electrons. The van der Waals surface area contributed by atoms with Crippen molar-refractivity contribution in [3.8, 4) is 5.75 Å². The van der Waals surface area contributed by atoms with Crippen LogP contribution in [0.15, 0.2) is 34.7 Å². The molecule has 2 aromatic rings. The molecule has 1 aromatic carbocycles. The van der Waals surface area contributed by atoms with E-state index < -0.39 is 0 Å². The SMILES string of the molecule is NCc1ccc(C(=O)N2CCc3ccc(O)cc3C2)o1. The summed E-state index contributed by atoms with van der Waals surface area (Å²) in [6.45, 7) is 1.42. The van der Waals surface area contributed by atoms with Gasteiger partial charge in [-0.1, -0.05) is 6.07 Å². The first-order valence-corrected chi connectivity index (χ1v) is 6.56. The number of nitrogens with two attached hydrogens (primary N) is 1. The van der Waals surface area contributed by atoms with E-state index in [1.807, 2.05) is 6.07 Å². The van der Waals surface area contributed by atoms with E-state index in [0.29, 0.717) is 24.6 Å². The monoisotopic (exact) mass is 272 g/mol. The zero-order valence-corrected chi connectivity index (χ0v) is 11.0. The summed E-state index contributed by atoms with van der Waals surface area (Å²) in [5, 5.41) is 9.53. The van der Waals surface area contributed by atoms with Crippen molar-refractivity contribution in [1.82, 2.24) is 4.90 Å². The zero-order chi connectivity index (χ0) is 14.1. The molecule has 0 fully saturated rings. The molecule has 1 aliphatic heterocycles. The predicted octanol–water partition coefficient (Wildman–Crippen LogP) is 1.64. The Labute approximate surface area is 116 Å². The molecule has 20 heavy (non-hydrogen) atoms. The number of fused-ring (bicyclic) bond motifs is 1. The Bertz CT molecular complexity index is 648. The highest BCUT2D eigenvalue weighted by Gasteiger charge is 2.24. The van der Waals surface area contributed by atoms with Gasteiger partial charge in [-0.3, -0.25) is 4.79 Å². The largest absolute Gasteiger partial charge is 0.508 e. The van der Waals surface area contributed by atoms with Gasteiger partial charge in [-0.2, -0.15) is 0 Å². The van der Waals surface area contributed by atoms with Gasteiger partial charge in [0.1, 0.15) is 11.5 Å². The maximum Gasteiger partial charge on any atom is 0.289 e. The molecule has 5 heteroatoms. The van der Waals surface area contributed by atoms with Gasteiger partial charge in [0.25, 0.3) is 5.91 Å². The molecule has 1 aromatic heterocycles. The van der Waals surface area contributed by atoms with Crippen molar-refractivity contribution in [2.75, 3.05) is 6.54 Å². The molecule has 0 unspecified atom stereocenters. The zero-order valence-electron chi connectivity index (χ0n) is 11.0. The van der Waals surface area contributed by atoms with Gasteiger partial charge in [0.05, 0.1) is 6.54 Å². The maximum absolute atomic E-state index is 12.4. The smallest absolute Gasteiger partial charge is 0.289 e. The van der Waals surface area contributed by atoms with Crippen molar-refractivity contribution in [1.29, 1.82) is 0 Å². The Kier molecular flexibility index (Phi) is 3.20. The molecule has 1 aliphatic rings. The Balaban J connectivity index is 1.80. The second-order valence-electron chi connectivity index (χ2n) is 4.90. The van der Waals surface area contributed by atoms with E-state index in [9.17, 15) is 9.90 Å². The van der Waals surface area contributed by atoms with Gasteiger partial charge in [0.2, 0.25) is 0 Å². The number of phenolic OH excluding ortho intramolecular Hbond substituents is 1. The van der Waals surface area contributed by atoms with Crippen LogP contribution in [0.25, 0.3) is 0 Å². The van der Waals surface area contributed by atoms with Crippen molar-refractivity contribution in [2.45, 2.75) is 19.5 Å². The lowest BCUT2D eigenvalue weighted by molar-refractivity contribution is 0.0700. The molecule has 5 nitrogen and oxygen atoms in total. The number of benzene rings is 1. The molecule has 0 aliphatic carbocycles. The molecular formula is C15H16N2O3. The molecule has 104 valence electrons. The standard InChI is InChI=1S/C15H16N2O3/c16-8-13-3-4-14(20-13)15(19)17-6-5-10-1-2-12(18)7-11(10)9-17/h1-4,7,18H,5-6,8-9,16H2. The molecule has 1 amide bonds. The fourth-order valence-corrected chi connectivity index (χ4v) is 2.48. The number of nitrogens with zero attached hydrogens (tertiary/aromatic N) is 1. The van der Waals surface area contributed by atoms with Gasteiger partial charge >= 0.3 is 0 Å². The molecule has 3 rings (SSSR count). The summed E-state index contributed by atoms with van der Waals surface area (Å²) >= 11 is 0. The van der Waals surface area contributed by atoms with Crippen molar-refractivity contribution >= 4 is 5.91 Å². The third kappa shape index (κ3) is 2.28. The molecule has 0 atom stereocenters. The van der Waals surface area contributed by atoms with E-state index in [-0.39, 0.29) is 18.2 Å². The number of amides is 1. The van der Waals surface area contributed by atoms with E-state index in [1.165, 1.54) is 5.56 Å². The van der Waals surface area contributed by atoms with Gasteiger partial charge in [-0.25, -0.2) is 0 Å². The summed E-state index contributed by atoms with van der Waals surface area (Å²) in [6, 6.07) is 8.67. The van der Waals surface area contributed by atoms with Gasteiger partial charge < -0.3 is 20.2 Å². The molecule has 0 saturated carbocycles. The maximum atomic E-state index is 12.4. The van der Waals surface area contributed by atoms with Gasteiger partial charge in [0.15, 0.2) is 5.76 Å². The quantitative estimate of drug-likeness (QED) is 0.871. The minimum absolute atomic E-state index is 0.140. The van der Waals surface area contributed by atoms with Crippen molar-refractivity contribution in [3.63, 3.8) is 0 Å². The normalized spacial score (nSPS) is 14.2. The summed E-state index contributed by atoms with van der Waals surface area (Å²) in [4.78, 5) is 14.1. The average Bonchev–Trinajstić information content (AvgIpc) is 2.94. The molecular weight excluding hydrogens is 256 g/mol. The Hall–Kier alpha value is -2.27. The first kappa shape index (κ1) is 12.7. The summed E-state index contributed by atoms with van der Waals surface area (Å²) in [7, 11) is 0. The highest BCUT2D eigenvalue weighted by Crippen LogP contribution is 2.24. The number of carbonyl (C=O) groups excluding carboxylic acids is 1. The first-order valence-electron chi connectivity index (χ1n) is 6.56. The fourth-order valence-electron chi connectivity index (χ4n) is 2.48. The minimum Gasteiger partial charge on any atom is -0.508 e. The van der Waals surface area contributed by atoms with Gasteiger partial charge in [0, 0.05) is 13.1 Å². The molecule has 3 N–H and O–H groups in total. The fraction of sp³-hybridized carbons (Fsp3) is 0.267. The van der Waals surface area contributed by atoms with E-state index in [0.717, 1.165) is 12.0 Å². The number of hydrogen-bond acceptors (Lipinski definition) is 4. The number of furan rings is 1. The first-order chi connectivity index (χ1) is 9.67. The number of carbonyl (C=O) groups is 1. The van der Waals surface area contributed by atoms with Crippen LogP contribution in [0.2, 0.25) is 0 Å². The van der Waals surface area contributed by atoms with Crippen LogP contribution in [0.1, 0.15) is 27.4 Å². The highest BCUT2D eigenvalue weighted by molar-refractivity contribution is 5.91. The summed E-state index contributed by atoms with van der Waals surface area (Å²) in [5.41, 5.74) is 7.63. The molecule has 0 saturated heterocycles. The van der Waals surface area contributed by atoms with Crippen molar-refractivity contribution < 1.29 is 14.3 Å². The number of phenols is 1. The topological polar surface area (TPSA) is 79.7 Å². The van der Waals surface area contributed by atoms with E-state index in [4.69, 9.17) is 10.2 Å². The summed E-state index contributed by atoms with van der Waals surface area (Å²) < 4.78 is 5.39. The third-order valence-electron chi connectivity index (χ3n) is 3.56. The van der Waals surface area contributed by atoms with Crippen LogP contribution in [0.5, 0.6) is 5.75 Å². The lowest BCUT2D eigenvalue weighted by Gasteiger charge is -2.28. The van der Waals surface area contributed by atoms with Crippen LogP contribution >= 0.6 is 0 Å². The van der Waals surface area contributed by atoms with Crippen LogP contribution in [-0.2, 0) is 19.5 Å². The summed E-state index contributed by atoms with van der Waals surface area (Å²) in [5.74, 6) is 0.998. The Morgan fingerprint density at radius 3 is 2.90 bits per heavy atom. The van der Waals surface area contributed by atoms with Crippen LogP contribution < -0.4 is 5.73 Å². The second-order valence-corrected chi connectivity index (χ2v) is 4.90. The number of aromatic hydroxyl groups is 1. The van der Waals surface area contributed by atoms with E-state index >= 15 is 0 Å². The van der Waals surface area contributed by atoms with Crippen LogP contribution in [0.4, 0.5) is 0 Å². The third-order valence-corrected chi connectivity index (χ3v) is 3.56. The minimum atomic E-state index is -0.140. The van der Waals surface area contributed by atoms with Gasteiger partial charge in [-0.15, -0.1) is 0 Å². The van der Waals surface area contributed by atoms with E-state index in [1.54, 1.807) is 29.2 Å². The van der Waals surface area contributed by atoms with E-state index in [2.05, 4.69) is 0 Å². The average molecular weight is 272 g/mol. The molecule has 2 heterocycles. The van der Waals surface area contributed by atoms with Crippen molar-refractivity contribution in [2.24, 2.45) is 5.73 Å². The van der Waals surface area contributed by atoms with Crippen LogP contribution in [-0.4, -0.2) is 22.5 Å². The number of rotatable bonds is 2. The predicted molar refractivity (Wildman–Crippen MR) is 73.2 cm³/mol. The molecule has 0 spiro atoms. The Morgan fingerprint density at radius 2 is 2.15 bits per heavy atom. The van der Waals surface area contributed by atoms with Crippen LogP contribution in [0.3, 0.4) is 0 Å². The number of hydrogen-bond donors (Lipinski definition) is 2. The highest BCUT2D eigenvalue weighted by atomic mass is 16.4. The van der Waals surface area contributed by atoms with Gasteiger partial charge in [-0.05, 0) is 41.8 Å². The second kappa shape index (κ2) is 5.02. The lowest BCUT2D eigenvalue weighted by atomic mass is 9.99. The Morgan fingerprint density at radius 1 is 1.30 bits per heavy atom. The lowest BCUT2D eigenvalue weighted by Crippen LogP contribution is -2.35. The van der Waals surface area contributed by atoms with Crippen molar-refractivity contribution in [3.05, 3.63) is 53.0 Å². The summed E-state index contributed by atoms with van der Waals surface area (Å²) in [6.07, 6.45) is 0.784. The molecule has 0 bridgehead atoms. The van der Waals surface area contributed by atoms with Crippen LogP contribution in [0, 0.1) is 0 Å².